The normalized spacial score (nSPS) is 16.7. The van der Waals surface area contributed by atoms with E-state index in [9.17, 15) is 4.79 Å². The van der Waals surface area contributed by atoms with Crippen molar-refractivity contribution in [3.8, 4) is 11.8 Å². The van der Waals surface area contributed by atoms with Gasteiger partial charge in [-0.1, -0.05) is 18.2 Å². The molecule has 92 valence electrons. The standard InChI is InChI=1S/C14H13NO3/c1-17-14(16)12(9-15)10-6-7-18-13-5-3-2-4-11(13)8-10/h2-5H,6-8H2,1H3/b12-10-. The van der Waals surface area contributed by atoms with E-state index in [4.69, 9.17) is 10.00 Å². The van der Waals surface area contributed by atoms with Crippen molar-refractivity contribution in [3.05, 3.63) is 41.0 Å². The molecular weight excluding hydrogens is 230 g/mol. The number of para-hydroxylation sites is 1. The number of fused-ring (bicyclic) bond motifs is 1. The highest BCUT2D eigenvalue weighted by atomic mass is 16.5. The Labute approximate surface area is 105 Å². The van der Waals surface area contributed by atoms with Gasteiger partial charge >= 0.3 is 5.97 Å². The first-order valence-electron chi connectivity index (χ1n) is 5.67. The highest BCUT2D eigenvalue weighted by Gasteiger charge is 2.19. The smallest absolute Gasteiger partial charge is 0.348 e. The monoisotopic (exact) mass is 243 g/mol. The number of nitriles is 1. The van der Waals surface area contributed by atoms with E-state index in [0.717, 1.165) is 16.9 Å². The highest BCUT2D eigenvalue weighted by molar-refractivity contribution is 5.93. The first kappa shape index (κ1) is 12.2. The SMILES string of the molecule is COC(=O)/C(C#N)=C1/CCOc2ccccc2C1. The van der Waals surface area contributed by atoms with E-state index >= 15 is 0 Å². The van der Waals surface area contributed by atoms with Crippen LogP contribution in [0.4, 0.5) is 0 Å². The van der Waals surface area contributed by atoms with E-state index in [2.05, 4.69) is 4.74 Å². The molecule has 1 aromatic rings. The van der Waals surface area contributed by atoms with E-state index in [1.165, 1.54) is 7.11 Å². The van der Waals surface area contributed by atoms with Gasteiger partial charge in [0.25, 0.3) is 0 Å². The van der Waals surface area contributed by atoms with Crippen molar-refractivity contribution in [2.24, 2.45) is 0 Å². The molecule has 0 saturated carbocycles. The van der Waals surface area contributed by atoms with Crippen LogP contribution in [-0.2, 0) is 16.0 Å². The Balaban J connectivity index is 2.40. The molecule has 2 rings (SSSR count). The number of methoxy groups -OCH3 is 1. The van der Waals surface area contributed by atoms with Gasteiger partial charge in [-0.05, 0) is 23.6 Å². The van der Waals surface area contributed by atoms with Crippen LogP contribution in [0.15, 0.2) is 35.4 Å². The largest absolute Gasteiger partial charge is 0.493 e. The van der Waals surface area contributed by atoms with Crippen molar-refractivity contribution in [3.63, 3.8) is 0 Å². The number of benzene rings is 1. The summed E-state index contributed by atoms with van der Waals surface area (Å²) < 4.78 is 10.2. The molecule has 0 unspecified atom stereocenters. The van der Waals surface area contributed by atoms with Gasteiger partial charge < -0.3 is 9.47 Å². The summed E-state index contributed by atoms with van der Waals surface area (Å²) in [6.45, 7) is 0.467. The van der Waals surface area contributed by atoms with Gasteiger partial charge in [0.1, 0.15) is 17.4 Å². The molecule has 0 fully saturated rings. The molecule has 0 bridgehead atoms. The molecule has 0 aromatic heterocycles. The summed E-state index contributed by atoms with van der Waals surface area (Å²) in [4.78, 5) is 11.5. The molecular formula is C14H13NO3. The Hall–Kier alpha value is -2.28. The zero-order valence-corrected chi connectivity index (χ0v) is 10.1. The zero-order chi connectivity index (χ0) is 13.0. The van der Waals surface area contributed by atoms with E-state index in [1.807, 2.05) is 30.3 Å². The Morgan fingerprint density at radius 3 is 2.94 bits per heavy atom. The third-order valence-electron chi connectivity index (χ3n) is 2.89. The van der Waals surface area contributed by atoms with Crippen molar-refractivity contribution in [2.45, 2.75) is 12.8 Å². The Bertz CT molecular complexity index is 540. The number of esters is 1. The Morgan fingerprint density at radius 2 is 2.22 bits per heavy atom. The quantitative estimate of drug-likeness (QED) is 0.430. The first-order valence-corrected chi connectivity index (χ1v) is 5.67. The lowest BCUT2D eigenvalue weighted by Crippen LogP contribution is -2.08. The fraction of sp³-hybridized carbons (Fsp3) is 0.286. The lowest BCUT2D eigenvalue weighted by molar-refractivity contribution is -0.135. The van der Waals surface area contributed by atoms with Gasteiger partial charge in [0, 0.05) is 6.42 Å². The molecule has 0 aliphatic carbocycles. The molecule has 0 radical (unpaired) electrons. The minimum absolute atomic E-state index is 0.0952. The van der Waals surface area contributed by atoms with Crippen LogP contribution >= 0.6 is 0 Å². The van der Waals surface area contributed by atoms with Crippen LogP contribution in [0.2, 0.25) is 0 Å². The second-order valence-corrected chi connectivity index (χ2v) is 3.96. The zero-order valence-electron chi connectivity index (χ0n) is 10.1. The van der Waals surface area contributed by atoms with Crippen LogP contribution in [-0.4, -0.2) is 19.7 Å². The number of carbonyl (C=O) groups excluding carboxylic acids is 1. The summed E-state index contributed by atoms with van der Waals surface area (Å²) in [6, 6.07) is 9.57. The summed E-state index contributed by atoms with van der Waals surface area (Å²) in [7, 11) is 1.28. The fourth-order valence-corrected chi connectivity index (χ4v) is 1.98. The molecule has 0 saturated heterocycles. The third-order valence-corrected chi connectivity index (χ3v) is 2.89. The Kier molecular flexibility index (Phi) is 3.63. The second-order valence-electron chi connectivity index (χ2n) is 3.96. The summed E-state index contributed by atoms with van der Waals surface area (Å²) in [6.07, 6.45) is 1.11. The number of rotatable bonds is 1. The molecule has 1 aliphatic heterocycles. The minimum atomic E-state index is -0.577. The molecule has 0 N–H and O–H groups in total. The Morgan fingerprint density at radius 1 is 1.44 bits per heavy atom. The number of hydrogen-bond acceptors (Lipinski definition) is 4. The molecule has 1 heterocycles. The van der Waals surface area contributed by atoms with Crippen LogP contribution in [0.5, 0.6) is 5.75 Å². The van der Waals surface area contributed by atoms with Gasteiger partial charge in [-0.15, -0.1) is 0 Å². The van der Waals surface area contributed by atoms with Crippen molar-refractivity contribution in [1.82, 2.24) is 0 Å². The van der Waals surface area contributed by atoms with Crippen LogP contribution < -0.4 is 4.74 Å². The molecule has 1 aliphatic rings. The summed E-state index contributed by atoms with van der Waals surface area (Å²) >= 11 is 0. The lowest BCUT2D eigenvalue weighted by Gasteiger charge is -2.06. The number of ether oxygens (including phenoxy) is 2. The van der Waals surface area contributed by atoms with Gasteiger partial charge in [-0.2, -0.15) is 5.26 Å². The average Bonchev–Trinajstić information content (AvgIpc) is 2.61. The maximum absolute atomic E-state index is 11.5. The van der Waals surface area contributed by atoms with Crippen molar-refractivity contribution in [2.75, 3.05) is 13.7 Å². The van der Waals surface area contributed by atoms with Gasteiger partial charge in [0.15, 0.2) is 0 Å². The number of hydrogen-bond donors (Lipinski definition) is 0. The van der Waals surface area contributed by atoms with E-state index in [0.29, 0.717) is 19.4 Å². The molecule has 1 aromatic carbocycles. The van der Waals surface area contributed by atoms with Gasteiger partial charge in [0.2, 0.25) is 0 Å². The summed E-state index contributed by atoms with van der Waals surface area (Å²) in [5.74, 6) is 0.238. The lowest BCUT2D eigenvalue weighted by atomic mass is 9.98. The molecule has 0 atom stereocenters. The number of nitrogens with zero attached hydrogens (tertiary/aromatic N) is 1. The predicted octanol–water partition coefficient (Wildman–Crippen LogP) is 2.00. The van der Waals surface area contributed by atoms with Crippen LogP contribution in [0, 0.1) is 11.3 Å². The van der Waals surface area contributed by atoms with Gasteiger partial charge in [0.05, 0.1) is 13.7 Å². The topological polar surface area (TPSA) is 59.3 Å². The first-order chi connectivity index (χ1) is 8.76. The fourth-order valence-electron chi connectivity index (χ4n) is 1.98. The van der Waals surface area contributed by atoms with Crippen LogP contribution in [0.3, 0.4) is 0 Å². The second kappa shape index (κ2) is 5.37. The minimum Gasteiger partial charge on any atom is -0.493 e. The average molecular weight is 243 g/mol. The molecule has 4 heteroatoms. The van der Waals surface area contributed by atoms with E-state index < -0.39 is 5.97 Å². The van der Waals surface area contributed by atoms with Crippen molar-refractivity contribution >= 4 is 5.97 Å². The summed E-state index contributed by atoms with van der Waals surface area (Å²) in [5.41, 5.74) is 1.86. The van der Waals surface area contributed by atoms with Crippen molar-refractivity contribution < 1.29 is 14.3 Å². The van der Waals surface area contributed by atoms with Crippen LogP contribution in [0.1, 0.15) is 12.0 Å². The predicted molar refractivity (Wildman–Crippen MR) is 64.9 cm³/mol. The van der Waals surface area contributed by atoms with Crippen LogP contribution in [0.25, 0.3) is 0 Å². The maximum Gasteiger partial charge on any atom is 0.348 e. The van der Waals surface area contributed by atoms with E-state index in [1.54, 1.807) is 0 Å². The van der Waals surface area contributed by atoms with Crippen molar-refractivity contribution in [1.29, 1.82) is 5.26 Å². The van der Waals surface area contributed by atoms with E-state index in [-0.39, 0.29) is 5.57 Å². The molecule has 0 amide bonds. The summed E-state index contributed by atoms with van der Waals surface area (Å²) in [5, 5.41) is 9.07. The molecule has 4 nitrogen and oxygen atoms in total. The molecule has 18 heavy (non-hydrogen) atoms. The van der Waals surface area contributed by atoms with Gasteiger partial charge in [-0.3, -0.25) is 0 Å². The number of carbonyl (C=O) groups is 1. The highest BCUT2D eigenvalue weighted by Crippen LogP contribution is 2.27. The third kappa shape index (κ3) is 2.35. The van der Waals surface area contributed by atoms with Gasteiger partial charge in [-0.25, -0.2) is 4.79 Å². The maximum atomic E-state index is 11.5. The molecule has 0 spiro atoms.